The second kappa shape index (κ2) is 2.68. The molecule has 0 aromatic rings. The lowest BCUT2D eigenvalue weighted by atomic mass is 10.7. The maximum Gasteiger partial charge on any atom is 0.341 e. The highest BCUT2D eigenvalue weighted by Crippen LogP contribution is 1.95. The van der Waals surface area contributed by atoms with E-state index in [1.807, 2.05) is 0 Å². The van der Waals surface area contributed by atoms with Crippen LogP contribution in [0.1, 0.15) is 0 Å². The highest BCUT2D eigenvalue weighted by Gasteiger charge is 2.18. The molecule has 1 rings (SSSR count). The molecule has 4 nitrogen and oxygen atoms in total. The summed E-state index contributed by atoms with van der Waals surface area (Å²) in [4.78, 5) is 15.5. The molecular weight excluding hydrogens is 120 g/mol. The molecule has 2 amide bonds. The molecular formula is C5H9N2O2. The van der Waals surface area contributed by atoms with Gasteiger partial charge in [0.2, 0.25) is 0 Å². The van der Waals surface area contributed by atoms with Crippen LogP contribution in [-0.4, -0.2) is 30.8 Å². The molecule has 1 N–H and O–H groups in total. The largest absolute Gasteiger partial charge is 0.341 e. The zero-order valence-corrected chi connectivity index (χ0v) is 5.09. The van der Waals surface area contributed by atoms with Gasteiger partial charge in [-0.25, -0.2) is 9.86 Å². The Bertz CT molecular complexity index is 116. The van der Waals surface area contributed by atoms with E-state index < -0.39 is 0 Å². The number of rotatable bonds is 2. The van der Waals surface area contributed by atoms with E-state index in [1.54, 1.807) is 0 Å². The first-order valence-electron chi connectivity index (χ1n) is 2.82. The Balaban J connectivity index is 2.31. The molecule has 0 aromatic heterocycles. The minimum Gasteiger partial charge on any atom is -0.334 e. The van der Waals surface area contributed by atoms with Gasteiger partial charge in [0.15, 0.2) is 0 Å². The van der Waals surface area contributed by atoms with E-state index in [-0.39, 0.29) is 6.03 Å². The summed E-state index contributed by atoms with van der Waals surface area (Å²) in [5.41, 5.74) is 0. The topological polar surface area (TPSA) is 41.6 Å². The van der Waals surface area contributed by atoms with E-state index in [0.717, 1.165) is 0 Å². The summed E-state index contributed by atoms with van der Waals surface area (Å²) < 4.78 is 0. The van der Waals surface area contributed by atoms with E-state index in [0.29, 0.717) is 19.7 Å². The van der Waals surface area contributed by atoms with Gasteiger partial charge in [-0.05, 0) is 6.92 Å². The van der Waals surface area contributed by atoms with E-state index >= 15 is 0 Å². The lowest BCUT2D eigenvalue weighted by molar-refractivity contribution is -0.0909. The normalized spacial score (nSPS) is 18.3. The van der Waals surface area contributed by atoms with Crippen LogP contribution in [0.5, 0.6) is 0 Å². The number of carbonyl (C=O) groups is 1. The quantitative estimate of drug-likeness (QED) is 0.560. The molecule has 0 spiro atoms. The molecule has 1 heterocycles. The molecule has 1 aliphatic rings. The molecule has 0 unspecified atom stereocenters. The van der Waals surface area contributed by atoms with Crippen molar-refractivity contribution < 1.29 is 9.63 Å². The molecule has 1 aliphatic heterocycles. The van der Waals surface area contributed by atoms with Crippen LogP contribution in [0, 0.1) is 6.92 Å². The summed E-state index contributed by atoms with van der Waals surface area (Å²) >= 11 is 0. The standard InChI is InChI=1S/C5H9N2O2/c1-2-9-7-4-3-6-5(7)8/h1-4H2,(H,6,8). The number of urea groups is 1. The molecule has 1 radical (unpaired) electrons. The Morgan fingerprint density at radius 3 is 3.11 bits per heavy atom. The first-order chi connectivity index (χ1) is 4.34. The summed E-state index contributed by atoms with van der Waals surface area (Å²) in [7, 11) is 0. The molecule has 51 valence electrons. The number of nitrogens with zero attached hydrogens (tertiary/aromatic N) is 1. The molecule has 4 heteroatoms. The van der Waals surface area contributed by atoms with E-state index in [1.165, 1.54) is 5.06 Å². The number of carbonyl (C=O) groups excluding carboxylic acids is 1. The van der Waals surface area contributed by atoms with Crippen LogP contribution in [0.2, 0.25) is 0 Å². The van der Waals surface area contributed by atoms with E-state index in [2.05, 4.69) is 12.2 Å². The molecule has 1 saturated heterocycles. The molecule has 0 aliphatic carbocycles. The number of hydrogen-bond acceptors (Lipinski definition) is 2. The van der Waals surface area contributed by atoms with Crippen LogP contribution in [0.4, 0.5) is 4.79 Å². The van der Waals surface area contributed by atoms with Crippen LogP contribution in [0.25, 0.3) is 0 Å². The fourth-order valence-electron chi connectivity index (χ4n) is 0.687. The second-order valence-electron chi connectivity index (χ2n) is 1.67. The number of amides is 2. The van der Waals surface area contributed by atoms with Crippen molar-refractivity contribution in [1.29, 1.82) is 0 Å². The molecule has 0 bridgehead atoms. The minimum absolute atomic E-state index is 0.168. The Morgan fingerprint density at radius 1 is 1.89 bits per heavy atom. The van der Waals surface area contributed by atoms with Gasteiger partial charge in [-0.1, -0.05) is 0 Å². The first-order valence-corrected chi connectivity index (χ1v) is 2.82. The summed E-state index contributed by atoms with van der Waals surface area (Å²) in [6.07, 6.45) is 0. The Morgan fingerprint density at radius 2 is 2.67 bits per heavy atom. The minimum atomic E-state index is -0.168. The van der Waals surface area contributed by atoms with Gasteiger partial charge in [-0.15, -0.1) is 0 Å². The lowest BCUT2D eigenvalue weighted by Gasteiger charge is -2.10. The van der Waals surface area contributed by atoms with Crippen molar-refractivity contribution in [3.05, 3.63) is 6.92 Å². The second-order valence-corrected chi connectivity index (χ2v) is 1.67. The molecule has 0 saturated carbocycles. The Labute approximate surface area is 53.7 Å². The summed E-state index contributed by atoms with van der Waals surface area (Å²) in [6.45, 7) is 5.02. The van der Waals surface area contributed by atoms with Gasteiger partial charge in [-0.3, -0.25) is 4.84 Å². The SMILES string of the molecule is [CH2]CON1CCNC1=O. The van der Waals surface area contributed by atoms with Gasteiger partial charge < -0.3 is 5.32 Å². The van der Waals surface area contributed by atoms with E-state index in [9.17, 15) is 4.79 Å². The van der Waals surface area contributed by atoms with Gasteiger partial charge in [0, 0.05) is 6.54 Å². The van der Waals surface area contributed by atoms with Crippen LogP contribution in [0.15, 0.2) is 0 Å². The van der Waals surface area contributed by atoms with Crippen LogP contribution >= 0.6 is 0 Å². The molecule has 9 heavy (non-hydrogen) atoms. The monoisotopic (exact) mass is 129 g/mol. The summed E-state index contributed by atoms with van der Waals surface area (Å²) in [6, 6.07) is -0.168. The number of hydroxylamine groups is 2. The fourth-order valence-corrected chi connectivity index (χ4v) is 0.687. The van der Waals surface area contributed by atoms with Gasteiger partial charge in [0.1, 0.15) is 0 Å². The van der Waals surface area contributed by atoms with Crippen molar-refractivity contribution in [1.82, 2.24) is 10.4 Å². The fraction of sp³-hybridized carbons (Fsp3) is 0.600. The summed E-state index contributed by atoms with van der Waals surface area (Å²) in [5, 5.41) is 3.86. The van der Waals surface area contributed by atoms with Crippen molar-refractivity contribution in [2.24, 2.45) is 0 Å². The van der Waals surface area contributed by atoms with Crippen molar-refractivity contribution in [2.75, 3.05) is 19.7 Å². The molecule has 0 aromatic carbocycles. The van der Waals surface area contributed by atoms with Gasteiger partial charge in [0.05, 0.1) is 13.2 Å². The first kappa shape index (κ1) is 6.35. The van der Waals surface area contributed by atoms with Crippen LogP contribution < -0.4 is 5.32 Å². The van der Waals surface area contributed by atoms with Crippen molar-refractivity contribution in [3.8, 4) is 0 Å². The van der Waals surface area contributed by atoms with Gasteiger partial charge in [-0.2, -0.15) is 0 Å². The predicted octanol–water partition coefficient (Wildman–Crippen LogP) is -0.223. The molecule has 0 atom stereocenters. The average molecular weight is 129 g/mol. The van der Waals surface area contributed by atoms with Crippen molar-refractivity contribution in [2.45, 2.75) is 0 Å². The Hall–Kier alpha value is -0.770. The van der Waals surface area contributed by atoms with Crippen LogP contribution in [-0.2, 0) is 4.84 Å². The maximum atomic E-state index is 10.6. The Kier molecular flexibility index (Phi) is 1.89. The average Bonchev–Trinajstić information content (AvgIpc) is 2.18. The summed E-state index contributed by atoms with van der Waals surface area (Å²) in [5.74, 6) is 0. The number of hydrogen-bond donors (Lipinski definition) is 1. The smallest absolute Gasteiger partial charge is 0.334 e. The maximum absolute atomic E-state index is 10.6. The van der Waals surface area contributed by atoms with E-state index in [4.69, 9.17) is 4.84 Å². The number of nitrogens with one attached hydrogen (secondary N) is 1. The third kappa shape index (κ3) is 1.32. The molecule has 1 fully saturated rings. The third-order valence-electron chi connectivity index (χ3n) is 1.06. The van der Waals surface area contributed by atoms with Gasteiger partial charge >= 0.3 is 6.03 Å². The van der Waals surface area contributed by atoms with Crippen molar-refractivity contribution in [3.63, 3.8) is 0 Å². The lowest BCUT2D eigenvalue weighted by Crippen LogP contribution is -2.28. The third-order valence-corrected chi connectivity index (χ3v) is 1.06. The van der Waals surface area contributed by atoms with Crippen molar-refractivity contribution >= 4 is 6.03 Å². The van der Waals surface area contributed by atoms with Crippen LogP contribution in [0.3, 0.4) is 0 Å². The predicted molar refractivity (Wildman–Crippen MR) is 31.4 cm³/mol. The highest BCUT2D eigenvalue weighted by molar-refractivity contribution is 5.74. The van der Waals surface area contributed by atoms with Gasteiger partial charge in [0.25, 0.3) is 0 Å². The highest BCUT2D eigenvalue weighted by atomic mass is 16.7. The zero-order chi connectivity index (χ0) is 6.69. The zero-order valence-electron chi connectivity index (χ0n) is 5.09.